The van der Waals surface area contributed by atoms with E-state index in [0.717, 1.165) is 18.0 Å². The molecule has 102 valence electrons. The zero-order chi connectivity index (χ0) is 13.5. The van der Waals surface area contributed by atoms with Crippen molar-refractivity contribution in [2.45, 2.75) is 51.6 Å². The first-order valence-corrected chi connectivity index (χ1v) is 7.48. The zero-order valence-corrected chi connectivity index (χ0v) is 12.4. The lowest BCUT2D eigenvalue weighted by Gasteiger charge is -2.33. The fourth-order valence-corrected chi connectivity index (χ4v) is 3.43. The van der Waals surface area contributed by atoms with E-state index in [1.165, 1.54) is 36.1 Å². The first-order chi connectivity index (χ1) is 9.11. The molecule has 1 spiro atoms. The summed E-state index contributed by atoms with van der Waals surface area (Å²) in [6, 6.07) is 6.36. The molecule has 1 saturated carbocycles. The minimum atomic E-state index is -0.00841. The highest BCUT2D eigenvalue weighted by atomic mass is 32.1. The van der Waals surface area contributed by atoms with Crippen LogP contribution < -0.4 is 15.8 Å². The SMILES string of the molecule is Cc1cccc(N2NC3(CCCCC3)NC2=S)c1C. The first-order valence-electron chi connectivity index (χ1n) is 7.08. The van der Waals surface area contributed by atoms with Crippen molar-refractivity contribution in [2.75, 3.05) is 5.01 Å². The molecule has 1 aromatic rings. The molecule has 0 amide bonds. The second-order valence-corrected chi connectivity index (χ2v) is 6.13. The number of anilines is 1. The van der Waals surface area contributed by atoms with Crippen molar-refractivity contribution < 1.29 is 0 Å². The molecular weight excluding hydrogens is 254 g/mol. The topological polar surface area (TPSA) is 27.3 Å². The predicted molar refractivity (Wildman–Crippen MR) is 83.1 cm³/mol. The van der Waals surface area contributed by atoms with Gasteiger partial charge in [0.25, 0.3) is 0 Å². The molecule has 1 aliphatic carbocycles. The lowest BCUT2D eigenvalue weighted by atomic mass is 9.90. The second-order valence-electron chi connectivity index (χ2n) is 5.74. The van der Waals surface area contributed by atoms with Crippen molar-refractivity contribution in [1.82, 2.24) is 10.7 Å². The Morgan fingerprint density at radius 1 is 1.16 bits per heavy atom. The van der Waals surface area contributed by atoms with Crippen molar-refractivity contribution in [3.8, 4) is 0 Å². The van der Waals surface area contributed by atoms with Crippen molar-refractivity contribution in [3.63, 3.8) is 0 Å². The molecule has 3 nitrogen and oxygen atoms in total. The number of hydrogen-bond acceptors (Lipinski definition) is 2. The standard InChI is InChI=1S/C15H21N3S/c1-11-7-6-8-13(12(11)2)18-14(19)16-15(17-18)9-4-3-5-10-15/h6-8,17H,3-5,9-10H2,1-2H3,(H,16,19). The van der Waals surface area contributed by atoms with E-state index in [2.05, 4.69) is 47.8 Å². The number of rotatable bonds is 1. The maximum Gasteiger partial charge on any atom is 0.189 e. The molecule has 0 radical (unpaired) electrons. The third-order valence-electron chi connectivity index (χ3n) is 4.40. The summed E-state index contributed by atoms with van der Waals surface area (Å²) in [6.07, 6.45) is 6.16. The Bertz CT molecular complexity index is 506. The van der Waals surface area contributed by atoms with Gasteiger partial charge in [0, 0.05) is 0 Å². The van der Waals surface area contributed by atoms with Gasteiger partial charge in [-0.1, -0.05) is 18.6 Å². The molecule has 0 bridgehead atoms. The summed E-state index contributed by atoms with van der Waals surface area (Å²) in [5, 5.41) is 6.37. The maximum absolute atomic E-state index is 5.53. The van der Waals surface area contributed by atoms with Gasteiger partial charge in [-0.3, -0.25) is 0 Å². The van der Waals surface area contributed by atoms with E-state index in [1.54, 1.807) is 0 Å². The van der Waals surface area contributed by atoms with Gasteiger partial charge >= 0.3 is 0 Å². The Morgan fingerprint density at radius 2 is 1.89 bits per heavy atom. The van der Waals surface area contributed by atoms with Gasteiger partial charge in [0.2, 0.25) is 0 Å². The average molecular weight is 275 g/mol. The Labute approximate surface area is 120 Å². The van der Waals surface area contributed by atoms with Gasteiger partial charge in [0.15, 0.2) is 5.11 Å². The molecule has 1 aliphatic heterocycles. The van der Waals surface area contributed by atoms with Crippen molar-refractivity contribution in [1.29, 1.82) is 0 Å². The van der Waals surface area contributed by atoms with Crippen molar-refractivity contribution >= 4 is 23.0 Å². The summed E-state index contributed by atoms with van der Waals surface area (Å²) in [6.45, 7) is 4.29. The van der Waals surface area contributed by atoms with Crippen LogP contribution in [0, 0.1) is 13.8 Å². The average Bonchev–Trinajstić information content (AvgIpc) is 2.70. The Morgan fingerprint density at radius 3 is 2.63 bits per heavy atom. The molecule has 2 N–H and O–H groups in total. The van der Waals surface area contributed by atoms with Gasteiger partial charge in [-0.15, -0.1) is 0 Å². The minimum absolute atomic E-state index is 0.00841. The first kappa shape index (κ1) is 12.9. The number of nitrogens with one attached hydrogen (secondary N) is 2. The maximum atomic E-state index is 5.53. The van der Waals surface area contributed by atoms with Crippen LogP contribution in [-0.2, 0) is 0 Å². The normalized spacial score (nSPS) is 21.8. The molecule has 3 rings (SSSR count). The van der Waals surface area contributed by atoms with Crippen LogP contribution in [0.2, 0.25) is 0 Å². The van der Waals surface area contributed by atoms with Gasteiger partial charge in [-0.05, 0) is 68.9 Å². The van der Waals surface area contributed by atoms with Crippen molar-refractivity contribution in [3.05, 3.63) is 29.3 Å². The second kappa shape index (κ2) is 4.76. The lowest BCUT2D eigenvalue weighted by Crippen LogP contribution is -2.52. The molecule has 19 heavy (non-hydrogen) atoms. The highest BCUT2D eigenvalue weighted by Gasteiger charge is 2.41. The van der Waals surface area contributed by atoms with E-state index in [-0.39, 0.29) is 5.66 Å². The van der Waals surface area contributed by atoms with Gasteiger partial charge < -0.3 is 5.32 Å². The van der Waals surface area contributed by atoms with Gasteiger partial charge in [-0.2, -0.15) is 0 Å². The number of nitrogens with zero attached hydrogens (tertiary/aromatic N) is 1. The van der Waals surface area contributed by atoms with Crippen LogP contribution in [0.4, 0.5) is 5.69 Å². The highest BCUT2D eigenvalue weighted by Crippen LogP contribution is 2.32. The van der Waals surface area contributed by atoms with E-state index in [0.29, 0.717) is 0 Å². The van der Waals surface area contributed by atoms with E-state index in [9.17, 15) is 0 Å². The van der Waals surface area contributed by atoms with Crippen LogP contribution in [-0.4, -0.2) is 10.8 Å². The summed E-state index contributed by atoms with van der Waals surface area (Å²) >= 11 is 5.53. The summed E-state index contributed by atoms with van der Waals surface area (Å²) < 4.78 is 0. The number of thiocarbonyl (C=S) groups is 1. The van der Waals surface area contributed by atoms with Gasteiger partial charge in [0.05, 0.1) is 5.69 Å². The monoisotopic (exact) mass is 275 g/mol. The van der Waals surface area contributed by atoms with E-state index < -0.39 is 0 Å². The molecule has 1 saturated heterocycles. The van der Waals surface area contributed by atoms with Crippen molar-refractivity contribution in [2.24, 2.45) is 0 Å². The van der Waals surface area contributed by atoms with Crippen LogP contribution in [0.1, 0.15) is 43.2 Å². The third kappa shape index (κ3) is 2.23. The van der Waals surface area contributed by atoms with Gasteiger partial charge in [-0.25, -0.2) is 10.4 Å². The van der Waals surface area contributed by atoms with Crippen LogP contribution in [0.5, 0.6) is 0 Å². The van der Waals surface area contributed by atoms with Crippen LogP contribution in [0.15, 0.2) is 18.2 Å². The number of hydrazine groups is 1. The fourth-order valence-electron chi connectivity index (χ4n) is 3.09. The Hall–Kier alpha value is -1.13. The Balaban J connectivity index is 1.90. The summed E-state index contributed by atoms with van der Waals surface area (Å²) in [5.74, 6) is 0. The predicted octanol–water partition coefficient (Wildman–Crippen LogP) is 3.16. The highest BCUT2D eigenvalue weighted by molar-refractivity contribution is 7.80. The molecule has 2 aliphatic rings. The molecular formula is C15H21N3S. The summed E-state index contributed by atoms with van der Waals surface area (Å²) in [4.78, 5) is 0. The molecule has 1 aromatic carbocycles. The number of hydrogen-bond donors (Lipinski definition) is 2. The third-order valence-corrected chi connectivity index (χ3v) is 4.68. The summed E-state index contributed by atoms with van der Waals surface area (Å²) in [7, 11) is 0. The quantitative estimate of drug-likeness (QED) is 0.770. The number of aryl methyl sites for hydroxylation is 1. The van der Waals surface area contributed by atoms with Gasteiger partial charge in [0.1, 0.15) is 5.66 Å². The van der Waals surface area contributed by atoms with Crippen LogP contribution in [0.3, 0.4) is 0 Å². The molecule has 0 unspecified atom stereocenters. The molecule has 0 aromatic heterocycles. The van der Waals surface area contributed by atoms with E-state index in [4.69, 9.17) is 12.2 Å². The van der Waals surface area contributed by atoms with Crippen LogP contribution >= 0.6 is 12.2 Å². The fraction of sp³-hybridized carbons (Fsp3) is 0.533. The molecule has 1 heterocycles. The largest absolute Gasteiger partial charge is 0.342 e. The lowest BCUT2D eigenvalue weighted by molar-refractivity contribution is 0.238. The molecule has 0 atom stereocenters. The molecule has 2 fully saturated rings. The van der Waals surface area contributed by atoms with Crippen LogP contribution in [0.25, 0.3) is 0 Å². The van der Waals surface area contributed by atoms with E-state index >= 15 is 0 Å². The van der Waals surface area contributed by atoms with E-state index in [1.807, 2.05) is 0 Å². The summed E-state index contributed by atoms with van der Waals surface area (Å²) in [5.41, 5.74) is 7.36. The Kier molecular flexibility index (Phi) is 3.23. The zero-order valence-electron chi connectivity index (χ0n) is 11.6. The number of benzene rings is 1. The smallest absolute Gasteiger partial charge is 0.189 e. The minimum Gasteiger partial charge on any atom is -0.342 e. The molecule has 4 heteroatoms.